The standard InChI is InChI=1S/C15H22N2O/c1-11(2)16-10-9-12-3-7-14(8-4-12)17-15(18)13-5-6-13/h3-4,7-8,11,13,16H,5-6,9-10H2,1-2H3,(H,17,18). The fraction of sp³-hybridized carbons (Fsp3) is 0.533. The summed E-state index contributed by atoms with van der Waals surface area (Å²) in [6.45, 7) is 5.29. The van der Waals surface area contributed by atoms with Gasteiger partial charge in [-0.05, 0) is 43.5 Å². The van der Waals surface area contributed by atoms with E-state index in [2.05, 4.69) is 36.6 Å². The van der Waals surface area contributed by atoms with Gasteiger partial charge in [-0.2, -0.15) is 0 Å². The normalized spacial score (nSPS) is 14.8. The molecule has 0 bridgehead atoms. The molecule has 98 valence electrons. The average molecular weight is 246 g/mol. The van der Waals surface area contributed by atoms with Crippen LogP contribution in [0.25, 0.3) is 0 Å². The lowest BCUT2D eigenvalue weighted by Crippen LogP contribution is -2.24. The molecule has 3 nitrogen and oxygen atoms in total. The number of benzene rings is 1. The molecule has 18 heavy (non-hydrogen) atoms. The number of hydrogen-bond donors (Lipinski definition) is 2. The maximum atomic E-state index is 11.6. The number of amides is 1. The second-order valence-corrected chi connectivity index (χ2v) is 5.32. The molecular weight excluding hydrogens is 224 g/mol. The highest BCUT2D eigenvalue weighted by atomic mass is 16.2. The Morgan fingerprint density at radius 1 is 1.28 bits per heavy atom. The Labute approximate surface area is 109 Å². The highest BCUT2D eigenvalue weighted by molar-refractivity contribution is 5.93. The summed E-state index contributed by atoms with van der Waals surface area (Å²) in [5.74, 6) is 0.434. The lowest BCUT2D eigenvalue weighted by Gasteiger charge is -2.09. The summed E-state index contributed by atoms with van der Waals surface area (Å²) in [6.07, 6.45) is 3.12. The predicted octanol–water partition coefficient (Wildman–Crippen LogP) is 2.58. The Morgan fingerprint density at radius 2 is 1.94 bits per heavy atom. The number of carbonyl (C=O) groups is 1. The molecule has 1 aromatic carbocycles. The Balaban J connectivity index is 1.79. The van der Waals surface area contributed by atoms with Crippen molar-refractivity contribution in [2.45, 2.75) is 39.2 Å². The Morgan fingerprint density at radius 3 is 2.50 bits per heavy atom. The zero-order valence-corrected chi connectivity index (χ0v) is 11.2. The fourth-order valence-electron chi connectivity index (χ4n) is 1.85. The number of hydrogen-bond acceptors (Lipinski definition) is 2. The van der Waals surface area contributed by atoms with Gasteiger partial charge in [0.05, 0.1) is 0 Å². The molecule has 1 aliphatic rings. The fourth-order valence-corrected chi connectivity index (χ4v) is 1.85. The molecule has 0 spiro atoms. The molecule has 2 N–H and O–H groups in total. The number of anilines is 1. The monoisotopic (exact) mass is 246 g/mol. The van der Waals surface area contributed by atoms with Crippen molar-refractivity contribution in [3.05, 3.63) is 29.8 Å². The largest absolute Gasteiger partial charge is 0.326 e. The maximum absolute atomic E-state index is 11.6. The second kappa shape index (κ2) is 6.01. The van der Waals surface area contributed by atoms with Gasteiger partial charge in [0.1, 0.15) is 0 Å². The van der Waals surface area contributed by atoms with Gasteiger partial charge in [-0.1, -0.05) is 26.0 Å². The van der Waals surface area contributed by atoms with Crippen LogP contribution in [-0.2, 0) is 11.2 Å². The zero-order valence-electron chi connectivity index (χ0n) is 11.2. The van der Waals surface area contributed by atoms with E-state index in [1.165, 1.54) is 5.56 Å². The summed E-state index contributed by atoms with van der Waals surface area (Å²) in [6, 6.07) is 8.69. The molecule has 1 aromatic rings. The van der Waals surface area contributed by atoms with Crippen LogP contribution in [0.15, 0.2) is 24.3 Å². The molecule has 1 amide bonds. The van der Waals surface area contributed by atoms with Crippen molar-refractivity contribution in [2.24, 2.45) is 5.92 Å². The summed E-state index contributed by atoms with van der Waals surface area (Å²) in [4.78, 5) is 11.6. The van der Waals surface area contributed by atoms with Crippen LogP contribution >= 0.6 is 0 Å². The predicted molar refractivity (Wildman–Crippen MR) is 74.6 cm³/mol. The molecule has 0 aliphatic heterocycles. The summed E-state index contributed by atoms with van der Waals surface area (Å²) in [5.41, 5.74) is 2.21. The molecule has 0 atom stereocenters. The zero-order chi connectivity index (χ0) is 13.0. The van der Waals surface area contributed by atoms with E-state index in [-0.39, 0.29) is 11.8 Å². The van der Waals surface area contributed by atoms with Crippen LogP contribution in [0.4, 0.5) is 5.69 Å². The van der Waals surface area contributed by atoms with Crippen molar-refractivity contribution in [3.63, 3.8) is 0 Å². The summed E-state index contributed by atoms with van der Waals surface area (Å²) >= 11 is 0. The maximum Gasteiger partial charge on any atom is 0.227 e. The van der Waals surface area contributed by atoms with E-state index in [1.54, 1.807) is 0 Å². The molecule has 0 heterocycles. The van der Waals surface area contributed by atoms with Gasteiger partial charge >= 0.3 is 0 Å². The van der Waals surface area contributed by atoms with Gasteiger partial charge in [0.25, 0.3) is 0 Å². The quantitative estimate of drug-likeness (QED) is 0.810. The third kappa shape index (κ3) is 4.15. The van der Waals surface area contributed by atoms with Crippen molar-refractivity contribution >= 4 is 11.6 Å². The van der Waals surface area contributed by atoms with Gasteiger partial charge in [-0.15, -0.1) is 0 Å². The Bertz CT molecular complexity index is 393. The van der Waals surface area contributed by atoms with Crippen LogP contribution in [0.1, 0.15) is 32.3 Å². The summed E-state index contributed by atoms with van der Waals surface area (Å²) < 4.78 is 0. The minimum absolute atomic E-state index is 0.171. The molecule has 0 unspecified atom stereocenters. The van der Waals surface area contributed by atoms with Crippen molar-refractivity contribution in [1.29, 1.82) is 0 Å². The first-order valence-corrected chi connectivity index (χ1v) is 6.78. The van der Waals surface area contributed by atoms with E-state index in [0.717, 1.165) is 31.5 Å². The average Bonchev–Trinajstić information content (AvgIpc) is 3.15. The number of nitrogens with one attached hydrogen (secondary N) is 2. The molecule has 2 rings (SSSR count). The number of rotatable bonds is 6. The second-order valence-electron chi connectivity index (χ2n) is 5.32. The van der Waals surface area contributed by atoms with Crippen molar-refractivity contribution in [1.82, 2.24) is 5.32 Å². The smallest absolute Gasteiger partial charge is 0.227 e. The van der Waals surface area contributed by atoms with Gasteiger partial charge < -0.3 is 10.6 Å². The lowest BCUT2D eigenvalue weighted by molar-refractivity contribution is -0.117. The van der Waals surface area contributed by atoms with Crippen LogP contribution in [0, 0.1) is 5.92 Å². The van der Waals surface area contributed by atoms with Gasteiger partial charge in [-0.25, -0.2) is 0 Å². The van der Waals surface area contributed by atoms with E-state index in [0.29, 0.717) is 6.04 Å². The van der Waals surface area contributed by atoms with Gasteiger partial charge in [0, 0.05) is 17.6 Å². The summed E-state index contributed by atoms with van der Waals surface area (Å²) in [7, 11) is 0. The van der Waals surface area contributed by atoms with E-state index >= 15 is 0 Å². The minimum Gasteiger partial charge on any atom is -0.326 e. The topological polar surface area (TPSA) is 41.1 Å². The van der Waals surface area contributed by atoms with E-state index < -0.39 is 0 Å². The van der Waals surface area contributed by atoms with Crippen LogP contribution in [0.3, 0.4) is 0 Å². The molecule has 1 saturated carbocycles. The first kappa shape index (κ1) is 13.1. The summed E-state index contributed by atoms with van der Waals surface area (Å²) in [5, 5.41) is 6.35. The van der Waals surface area contributed by atoms with Crippen molar-refractivity contribution in [3.8, 4) is 0 Å². The molecule has 3 heteroatoms. The highest BCUT2D eigenvalue weighted by Gasteiger charge is 2.29. The minimum atomic E-state index is 0.171. The van der Waals surface area contributed by atoms with Crippen LogP contribution in [-0.4, -0.2) is 18.5 Å². The highest BCUT2D eigenvalue weighted by Crippen LogP contribution is 2.30. The lowest BCUT2D eigenvalue weighted by atomic mass is 10.1. The van der Waals surface area contributed by atoms with E-state index in [9.17, 15) is 4.79 Å². The Kier molecular flexibility index (Phi) is 4.37. The molecule has 0 radical (unpaired) electrons. The number of carbonyl (C=O) groups excluding carboxylic acids is 1. The molecule has 0 aromatic heterocycles. The first-order chi connectivity index (χ1) is 8.65. The van der Waals surface area contributed by atoms with Gasteiger partial charge in [0.2, 0.25) is 5.91 Å². The molecule has 1 fully saturated rings. The van der Waals surface area contributed by atoms with E-state index in [1.807, 2.05) is 12.1 Å². The molecule has 1 aliphatic carbocycles. The van der Waals surface area contributed by atoms with Crippen LogP contribution < -0.4 is 10.6 Å². The van der Waals surface area contributed by atoms with Gasteiger partial charge in [-0.3, -0.25) is 4.79 Å². The Hall–Kier alpha value is -1.35. The van der Waals surface area contributed by atoms with Gasteiger partial charge in [0.15, 0.2) is 0 Å². The van der Waals surface area contributed by atoms with Crippen molar-refractivity contribution < 1.29 is 4.79 Å². The van der Waals surface area contributed by atoms with Crippen LogP contribution in [0.5, 0.6) is 0 Å². The van der Waals surface area contributed by atoms with E-state index in [4.69, 9.17) is 0 Å². The third-order valence-corrected chi connectivity index (χ3v) is 3.14. The first-order valence-electron chi connectivity index (χ1n) is 6.78. The molecular formula is C15H22N2O. The van der Waals surface area contributed by atoms with Crippen LogP contribution in [0.2, 0.25) is 0 Å². The van der Waals surface area contributed by atoms with Crippen molar-refractivity contribution in [2.75, 3.05) is 11.9 Å². The third-order valence-electron chi connectivity index (χ3n) is 3.14. The molecule has 0 saturated heterocycles. The SMILES string of the molecule is CC(C)NCCc1ccc(NC(=O)C2CC2)cc1.